The predicted molar refractivity (Wildman–Crippen MR) is 67.1 cm³/mol. The third kappa shape index (κ3) is 2.51. The van der Waals surface area contributed by atoms with E-state index in [1.54, 1.807) is 0 Å². The lowest BCUT2D eigenvalue weighted by Crippen LogP contribution is -2.21. The Morgan fingerprint density at radius 2 is 2.07 bits per heavy atom. The number of rotatable bonds is 3. The van der Waals surface area contributed by atoms with Crippen LogP contribution in [-0.4, -0.2) is 17.7 Å². The summed E-state index contributed by atoms with van der Waals surface area (Å²) < 4.78 is 2.23. The minimum absolute atomic E-state index is 0.435. The van der Waals surface area contributed by atoms with Gasteiger partial charge in [-0.15, -0.1) is 0 Å². The van der Waals surface area contributed by atoms with E-state index in [1.807, 2.05) is 7.05 Å². The van der Waals surface area contributed by atoms with Crippen LogP contribution in [0.4, 0.5) is 0 Å². The van der Waals surface area contributed by atoms with Gasteiger partial charge >= 0.3 is 0 Å². The second kappa shape index (κ2) is 4.67. The highest BCUT2D eigenvalue weighted by molar-refractivity contribution is 5.57. The van der Waals surface area contributed by atoms with Crippen LogP contribution < -0.4 is 5.32 Å². The predicted octanol–water partition coefficient (Wildman–Crippen LogP) is 2.65. The molecule has 1 rings (SSSR count). The lowest BCUT2D eigenvalue weighted by Gasteiger charge is -2.10. The van der Waals surface area contributed by atoms with E-state index in [1.165, 1.54) is 22.5 Å². The van der Waals surface area contributed by atoms with Crippen LogP contribution in [0.5, 0.6) is 0 Å². The van der Waals surface area contributed by atoms with Crippen molar-refractivity contribution >= 4 is 6.08 Å². The first kappa shape index (κ1) is 12.1. The van der Waals surface area contributed by atoms with Crippen molar-refractivity contribution < 1.29 is 0 Å². The molecule has 0 spiro atoms. The van der Waals surface area contributed by atoms with Gasteiger partial charge in [-0.1, -0.05) is 11.6 Å². The third-order valence-electron chi connectivity index (χ3n) is 3.31. The smallest absolute Gasteiger partial charge is 0.0248 e. The molecule has 15 heavy (non-hydrogen) atoms. The van der Waals surface area contributed by atoms with Crippen molar-refractivity contribution in [2.24, 2.45) is 7.05 Å². The fraction of sp³-hybridized carbons (Fsp3) is 0.538. The Bertz CT molecular complexity index is 372. The van der Waals surface area contributed by atoms with Crippen LogP contribution in [0.3, 0.4) is 0 Å². The van der Waals surface area contributed by atoms with Gasteiger partial charge in [-0.05, 0) is 46.4 Å². The SMILES string of the molecule is CNC(C)/C(C)=C/c1cc(C)n(C)c1C. The summed E-state index contributed by atoms with van der Waals surface area (Å²) in [5.74, 6) is 0. The van der Waals surface area contributed by atoms with Crippen molar-refractivity contribution in [1.82, 2.24) is 9.88 Å². The van der Waals surface area contributed by atoms with Crippen LogP contribution in [0.1, 0.15) is 30.8 Å². The summed E-state index contributed by atoms with van der Waals surface area (Å²) >= 11 is 0. The lowest BCUT2D eigenvalue weighted by atomic mass is 10.1. The standard InChI is InChI=1S/C13H22N2/c1-9(11(3)14-5)7-13-8-10(2)15(6)12(13)4/h7-8,11,14H,1-6H3/b9-7+. The molecule has 1 heterocycles. The molecule has 2 nitrogen and oxygen atoms in total. The highest BCUT2D eigenvalue weighted by atomic mass is 14.9. The Balaban J connectivity index is 3.03. The molecule has 84 valence electrons. The average molecular weight is 206 g/mol. The van der Waals surface area contributed by atoms with Crippen molar-refractivity contribution in [3.63, 3.8) is 0 Å². The summed E-state index contributed by atoms with van der Waals surface area (Å²) in [6.07, 6.45) is 2.27. The van der Waals surface area contributed by atoms with Crippen molar-refractivity contribution in [3.8, 4) is 0 Å². The Labute approximate surface area is 93.0 Å². The largest absolute Gasteiger partial charge is 0.352 e. The zero-order valence-corrected chi connectivity index (χ0v) is 10.7. The summed E-state index contributed by atoms with van der Waals surface area (Å²) in [4.78, 5) is 0. The van der Waals surface area contributed by atoms with Gasteiger partial charge in [0.05, 0.1) is 0 Å². The number of nitrogens with zero attached hydrogens (tertiary/aromatic N) is 1. The molecule has 0 aliphatic rings. The Morgan fingerprint density at radius 3 is 2.47 bits per heavy atom. The van der Waals surface area contributed by atoms with Gasteiger partial charge in [0.25, 0.3) is 0 Å². The first-order valence-electron chi connectivity index (χ1n) is 5.45. The number of aromatic nitrogens is 1. The zero-order chi connectivity index (χ0) is 11.6. The average Bonchev–Trinajstić information content (AvgIpc) is 2.45. The Hall–Kier alpha value is -1.02. The monoisotopic (exact) mass is 206 g/mol. The van der Waals surface area contributed by atoms with Gasteiger partial charge in [-0.2, -0.15) is 0 Å². The van der Waals surface area contributed by atoms with Crippen molar-refractivity contribution in [1.29, 1.82) is 0 Å². The maximum atomic E-state index is 3.25. The van der Waals surface area contributed by atoms with E-state index in [9.17, 15) is 0 Å². The fourth-order valence-electron chi connectivity index (χ4n) is 1.63. The van der Waals surface area contributed by atoms with E-state index in [0.29, 0.717) is 6.04 Å². The molecular weight excluding hydrogens is 184 g/mol. The molecule has 0 amide bonds. The van der Waals surface area contributed by atoms with E-state index in [0.717, 1.165) is 0 Å². The van der Waals surface area contributed by atoms with Crippen LogP contribution in [-0.2, 0) is 7.05 Å². The minimum Gasteiger partial charge on any atom is -0.352 e. The van der Waals surface area contributed by atoms with E-state index in [-0.39, 0.29) is 0 Å². The summed E-state index contributed by atoms with van der Waals surface area (Å²) in [6.45, 7) is 8.65. The summed E-state index contributed by atoms with van der Waals surface area (Å²) in [7, 11) is 4.10. The number of likely N-dealkylation sites (N-methyl/N-ethyl adjacent to an activating group) is 1. The molecule has 1 N–H and O–H groups in total. The molecule has 0 radical (unpaired) electrons. The molecular formula is C13H22N2. The fourth-order valence-corrected chi connectivity index (χ4v) is 1.63. The van der Waals surface area contributed by atoms with Gasteiger partial charge in [0.15, 0.2) is 0 Å². The molecule has 0 saturated heterocycles. The zero-order valence-electron chi connectivity index (χ0n) is 10.7. The van der Waals surface area contributed by atoms with Crippen LogP contribution in [0.15, 0.2) is 11.6 Å². The van der Waals surface area contributed by atoms with Gasteiger partial charge in [0.1, 0.15) is 0 Å². The molecule has 1 aromatic heterocycles. The topological polar surface area (TPSA) is 17.0 Å². The second-order valence-corrected chi connectivity index (χ2v) is 4.28. The van der Waals surface area contributed by atoms with E-state index in [4.69, 9.17) is 0 Å². The van der Waals surface area contributed by atoms with Gasteiger partial charge in [0, 0.05) is 24.5 Å². The van der Waals surface area contributed by atoms with Crippen LogP contribution in [0.25, 0.3) is 6.08 Å². The van der Waals surface area contributed by atoms with E-state index in [2.05, 4.69) is 56.8 Å². The quantitative estimate of drug-likeness (QED) is 0.804. The maximum Gasteiger partial charge on any atom is 0.0248 e. The van der Waals surface area contributed by atoms with Crippen molar-refractivity contribution in [2.75, 3.05) is 7.05 Å². The summed E-state index contributed by atoms with van der Waals surface area (Å²) in [6, 6.07) is 2.67. The number of hydrogen-bond donors (Lipinski definition) is 1. The van der Waals surface area contributed by atoms with Crippen LogP contribution in [0, 0.1) is 13.8 Å². The third-order valence-corrected chi connectivity index (χ3v) is 3.31. The van der Waals surface area contributed by atoms with Gasteiger partial charge in [-0.3, -0.25) is 0 Å². The summed E-state index contributed by atoms with van der Waals surface area (Å²) in [5.41, 5.74) is 5.33. The molecule has 0 aromatic carbocycles. The molecule has 0 bridgehead atoms. The molecule has 2 heteroatoms. The van der Waals surface area contributed by atoms with E-state index >= 15 is 0 Å². The molecule has 1 atom stereocenters. The van der Waals surface area contributed by atoms with Gasteiger partial charge in [0.2, 0.25) is 0 Å². The van der Waals surface area contributed by atoms with Gasteiger partial charge in [-0.25, -0.2) is 0 Å². The molecule has 0 saturated carbocycles. The van der Waals surface area contributed by atoms with Crippen molar-refractivity contribution in [2.45, 2.75) is 33.7 Å². The van der Waals surface area contributed by atoms with Crippen molar-refractivity contribution in [3.05, 3.63) is 28.6 Å². The lowest BCUT2D eigenvalue weighted by molar-refractivity contribution is 0.696. The summed E-state index contributed by atoms with van der Waals surface area (Å²) in [5, 5.41) is 3.25. The molecule has 0 fully saturated rings. The number of hydrogen-bond acceptors (Lipinski definition) is 1. The Morgan fingerprint density at radius 1 is 1.47 bits per heavy atom. The normalized spacial score (nSPS) is 14.4. The molecule has 0 aliphatic heterocycles. The number of nitrogens with one attached hydrogen (secondary N) is 1. The minimum atomic E-state index is 0.435. The molecule has 1 aromatic rings. The Kier molecular flexibility index (Phi) is 3.75. The van der Waals surface area contributed by atoms with Gasteiger partial charge < -0.3 is 9.88 Å². The van der Waals surface area contributed by atoms with Crippen LogP contribution in [0.2, 0.25) is 0 Å². The highest BCUT2D eigenvalue weighted by Gasteiger charge is 2.06. The first-order valence-corrected chi connectivity index (χ1v) is 5.45. The number of aryl methyl sites for hydroxylation is 1. The second-order valence-electron chi connectivity index (χ2n) is 4.28. The molecule has 1 unspecified atom stereocenters. The first-order chi connectivity index (χ1) is 6.97. The van der Waals surface area contributed by atoms with E-state index < -0.39 is 0 Å². The van der Waals surface area contributed by atoms with Crippen LogP contribution >= 0.6 is 0 Å². The molecule has 0 aliphatic carbocycles. The highest BCUT2D eigenvalue weighted by Crippen LogP contribution is 2.17. The maximum absolute atomic E-state index is 3.25.